The number of hydrogen-bond acceptors (Lipinski definition) is 6. The third-order valence-corrected chi connectivity index (χ3v) is 4.94. The van der Waals surface area contributed by atoms with E-state index in [0.717, 1.165) is 16.7 Å². The maximum Gasteiger partial charge on any atom is 0.328 e. The first kappa shape index (κ1) is 19.9. The van der Waals surface area contributed by atoms with E-state index in [4.69, 9.17) is 16.3 Å². The van der Waals surface area contributed by atoms with Gasteiger partial charge in [0.1, 0.15) is 10.8 Å². The summed E-state index contributed by atoms with van der Waals surface area (Å²) in [7, 11) is 3.09. The Hall–Kier alpha value is -2.87. The van der Waals surface area contributed by atoms with Gasteiger partial charge in [-0.3, -0.25) is 13.9 Å². The van der Waals surface area contributed by atoms with Crippen LogP contribution in [0.25, 0.3) is 11.0 Å². The van der Waals surface area contributed by atoms with E-state index >= 15 is 0 Å². The molecule has 28 heavy (non-hydrogen) atoms. The topological polar surface area (TPSA) is 91.0 Å². The van der Waals surface area contributed by atoms with Gasteiger partial charge < -0.3 is 10.1 Å². The van der Waals surface area contributed by atoms with Crippen molar-refractivity contribution < 1.29 is 9.53 Å². The number of ether oxygens (including phenoxy) is 1. The molecule has 2 heterocycles. The molecule has 0 aliphatic carbocycles. The highest BCUT2D eigenvalue weighted by Gasteiger charge is 2.17. The largest absolute Gasteiger partial charge is 0.469 e. The average Bonchev–Trinajstić information content (AvgIpc) is 2.92. The molecule has 8 nitrogen and oxygen atoms in total. The van der Waals surface area contributed by atoms with Crippen molar-refractivity contribution in [3.05, 3.63) is 45.7 Å². The Kier molecular flexibility index (Phi) is 5.69. The molecule has 0 fully saturated rings. The summed E-state index contributed by atoms with van der Waals surface area (Å²) < 4.78 is 8.01. The standard InChI is InChI=1S/C19H22ClN5O3/c1-11(18(26)28-4)7-8-25-16-9-13(5-6-15(16)24(3)19(25)27)23-17-14(20)10-21-12(2)22-17/h5-6,9-11H,7-8H2,1-4H3,(H,21,22,23). The number of carbonyl (C=O) groups excluding carboxylic acids is 1. The number of hydrogen-bond donors (Lipinski definition) is 1. The lowest BCUT2D eigenvalue weighted by Gasteiger charge is -2.11. The molecular formula is C19H22ClN5O3. The van der Waals surface area contributed by atoms with Gasteiger partial charge in [0.15, 0.2) is 5.82 Å². The molecule has 0 radical (unpaired) electrons. The number of aromatic nitrogens is 4. The van der Waals surface area contributed by atoms with Gasteiger partial charge >= 0.3 is 11.7 Å². The highest BCUT2D eigenvalue weighted by Crippen LogP contribution is 2.25. The smallest absolute Gasteiger partial charge is 0.328 e. The Labute approximate surface area is 167 Å². The van der Waals surface area contributed by atoms with Gasteiger partial charge in [0.2, 0.25) is 0 Å². The number of benzene rings is 1. The Bertz CT molecular complexity index is 1090. The molecule has 1 aromatic carbocycles. The molecule has 148 valence electrons. The monoisotopic (exact) mass is 403 g/mol. The number of anilines is 2. The lowest BCUT2D eigenvalue weighted by Crippen LogP contribution is -2.24. The number of imidazole rings is 1. The minimum absolute atomic E-state index is 0.139. The zero-order valence-corrected chi connectivity index (χ0v) is 16.9. The second-order valence-corrected chi connectivity index (χ2v) is 7.06. The van der Waals surface area contributed by atoms with E-state index in [1.54, 1.807) is 30.0 Å². The van der Waals surface area contributed by atoms with Crippen LogP contribution in [0.3, 0.4) is 0 Å². The van der Waals surface area contributed by atoms with Crippen molar-refractivity contribution in [1.29, 1.82) is 0 Å². The van der Waals surface area contributed by atoms with Crippen LogP contribution in [0.5, 0.6) is 0 Å². The maximum absolute atomic E-state index is 12.7. The molecule has 1 unspecified atom stereocenters. The number of aryl methyl sites for hydroxylation is 3. The lowest BCUT2D eigenvalue weighted by molar-refractivity contribution is -0.145. The number of carbonyl (C=O) groups is 1. The van der Waals surface area contributed by atoms with Crippen LogP contribution in [-0.4, -0.2) is 32.2 Å². The number of halogens is 1. The number of nitrogens with zero attached hydrogens (tertiary/aromatic N) is 4. The molecular weight excluding hydrogens is 382 g/mol. The van der Waals surface area contributed by atoms with Crippen LogP contribution in [0.2, 0.25) is 5.02 Å². The van der Waals surface area contributed by atoms with Crippen molar-refractivity contribution in [2.45, 2.75) is 26.8 Å². The van der Waals surface area contributed by atoms with Crippen LogP contribution in [-0.2, 0) is 23.1 Å². The van der Waals surface area contributed by atoms with E-state index < -0.39 is 0 Å². The van der Waals surface area contributed by atoms with Crippen LogP contribution >= 0.6 is 11.6 Å². The van der Waals surface area contributed by atoms with Crippen molar-refractivity contribution in [3.8, 4) is 0 Å². The third kappa shape index (κ3) is 3.87. The highest BCUT2D eigenvalue weighted by molar-refractivity contribution is 6.32. The van der Waals surface area contributed by atoms with Gasteiger partial charge in [-0.15, -0.1) is 0 Å². The fraction of sp³-hybridized carbons (Fsp3) is 0.368. The average molecular weight is 404 g/mol. The zero-order chi connectivity index (χ0) is 20.4. The molecule has 0 amide bonds. The molecule has 2 aromatic heterocycles. The Balaban J connectivity index is 1.95. The maximum atomic E-state index is 12.7. The van der Waals surface area contributed by atoms with E-state index in [0.29, 0.717) is 29.6 Å². The number of nitrogens with one attached hydrogen (secondary N) is 1. The zero-order valence-electron chi connectivity index (χ0n) is 16.2. The highest BCUT2D eigenvalue weighted by atomic mass is 35.5. The first-order valence-corrected chi connectivity index (χ1v) is 9.23. The normalized spacial score (nSPS) is 12.2. The number of rotatable bonds is 6. The second kappa shape index (κ2) is 8.02. The summed E-state index contributed by atoms with van der Waals surface area (Å²) in [5.41, 5.74) is 2.16. The van der Waals surface area contributed by atoms with Gasteiger partial charge in [0.05, 0.1) is 30.3 Å². The fourth-order valence-electron chi connectivity index (χ4n) is 3.03. The van der Waals surface area contributed by atoms with Crippen LogP contribution in [0.1, 0.15) is 19.2 Å². The first-order chi connectivity index (χ1) is 13.3. The summed E-state index contributed by atoms with van der Waals surface area (Å²) in [6.07, 6.45) is 2.04. The van der Waals surface area contributed by atoms with Gasteiger partial charge in [0, 0.05) is 19.3 Å². The molecule has 3 aromatic rings. The summed E-state index contributed by atoms with van der Waals surface area (Å²) in [6, 6.07) is 5.59. The quantitative estimate of drug-likeness (QED) is 0.636. The Morgan fingerprint density at radius 3 is 2.82 bits per heavy atom. The Morgan fingerprint density at radius 1 is 1.36 bits per heavy atom. The van der Waals surface area contributed by atoms with Crippen molar-refractivity contribution >= 4 is 40.1 Å². The van der Waals surface area contributed by atoms with Gasteiger partial charge in [-0.2, -0.15) is 0 Å². The summed E-state index contributed by atoms with van der Waals surface area (Å²) in [6.45, 7) is 3.97. The SMILES string of the molecule is COC(=O)C(C)CCn1c(=O)n(C)c2ccc(Nc3nc(C)ncc3Cl)cc21. The molecule has 0 saturated heterocycles. The van der Waals surface area contributed by atoms with Crippen LogP contribution in [0.4, 0.5) is 11.5 Å². The molecule has 1 atom stereocenters. The van der Waals surface area contributed by atoms with Gasteiger partial charge in [-0.25, -0.2) is 14.8 Å². The Morgan fingerprint density at radius 2 is 2.11 bits per heavy atom. The van der Waals surface area contributed by atoms with Crippen LogP contribution in [0.15, 0.2) is 29.2 Å². The van der Waals surface area contributed by atoms with Crippen molar-refractivity contribution in [1.82, 2.24) is 19.1 Å². The van der Waals surface area contributed by atoms with Crippen molar-refractivity contribution in [2.24, 2.45) is 13.0 Å². The van der Waals surface area contributed by atoms with E-state index in [1.807, 2.05) is 18.2 Å². The van der Waals surface area contributed by atoms with E-state index in [9.17, 15) is 9.59 Å². The van der Waals surface area contributed by atoms with Gasteiger partial charge in [-0.05, 0) is 31.5 Å². The first-order valence-electron chi connectivity index (χ1n) is 8.85. The molecule has 0 aliphatic heterocycles. The van der Waals surface area contributed by atoms with Crippen molar-refractivity contribution in [3.63, 3.8) is 0 Å². The minimum atomic E-state index is -0.295. The number of fused-ring (bicyclic) bond motifs is 1. The minimum Gasteiger partial charge on any atom is -0.469 e. The molecule has 0 spiro atoms. The second-order valence-electron chi connectivity index (χ2n) is 6.65. The van der Waals surface area contributed by atoms with E-state index in [1.165, 1.54) is 13.3 Å². The fourth-order valence-corrected chi connectivity index (χ4v) is 3.16. The number of methoxy groups -OCH3 is 1. The van der Waals surface area contributed by atoms with Crippen molar-refractivity contribution in [2.75, 3.05) is 12.4 Å². The third-order valence-electron chi connectivity index (χ3n) is 4.66. The predicted molar refractivity (Wildman–Crippen MR) is 108 cm³/mol. The van der Waals surface area contributed by atoms with Crippen LogP contribution in [0, 0.1) is 12.8 Å². The molecule has 0 saturated carbocycles. The van der Waals surface area contributed by atoms with Gasteiger partial charge in [-0.1, -0.05) is 18.5 Å². The van der Waals surface area contributed by atoms with Crippen LogP contribution < -0.4 is 11.0 Å². The summed E-state index contributed by atoms with van der Waals surface area (Å²) in [4.78, 5) is 32.7. The molecule has 1 N–H and O–H groups in total. The molecule has 0 aliphatic rings. The molecule has 0 bridgehead atoms. The van der Waals surface area contributed by atoms with E-state index in [-0.39, 0.29) is 17.6 Å². The molecule has 9 heteroatoms. The number of esters is 1. The molecule has 3 rings (SSSR count). The predicted octanol–water partition coefficient (Wildman–Crippen LogP) is 3.03. The lowest BCUT2D eigenvalue weighted by atomic mass is 10.1. The summed E-state index contributed by atoms with van der Waals surface area (Å²) >= 11 is 6.16. The van der Waals surface area contributed by atoms with Gasteiger partial charge in [0.25, 0.3) is 0 Å². The van der Waals surface area contributed by atoms with E-state index in [2.05, 4.69) is 15.3 Å². The summed E-state index contributed by atoms with van der Waals surface area (Å²) in [5, 5.41) is 3.58. The summed E-state index contributed by atoms with van der Waals surface area (Å²) in [5.74, 6) is 0.514.